The molecule has 0 aliphatic rings. The molecule has 11 heteroatoms. The number of benzene rings is 1. The molecule has 4 aromatic rings. The van der Waals surface area contributed by atoms with Crippen LogP contribution in [0.4, 0.5) is 0 Å². The molecule has 2 N–H and O–H groups in total. The number of hydrogen-bond donors (Lipinski definition) is 2. The second kappa shape index (κ2) is 10.4. The summed E-state index contributed by atoms with van der Waals surface area (Å²) in [5, 5.41) is 10.6. The molecule has 0 atom stereocenters. The molecule has 0 amide bonds. The van der Waals surface area contributed by atoms with Gasteiger partial charge in [0.1, 0.15) is 0 Å². The quantitative estimate of drug-likeness (QED) is 0.254. The first kappa shape index (κ1) is 24.0. The number of aromatic nitrogens is 5. The zero-order valence-electron chi connectivity index (χ0n) is 18.8. The van der Waals surface area contributed by atoms with Crippen LogP contribution in [-0.4, -0.2) is 28.8 Å². The predicted octanol–water partition coefficient (Wildman–Crippen LogP) is 3.34. The molecule has 3 heterocycles. The van der Waals surface area contributed by atoms with Crippen molar-refractivity contribution in [1.29, 1.82) is 0 Å². The van der Waals surface area contributed by atoms with Gasteiger partial charge in [0.25, 0.3) is 5.56 Å². The Balaban J connectivity index is 1.48. The van der Waals surface area contributed by atoms with Crippen LogP contribution in [0.2, 0.25) is 5.28 Å². The van der Waals surface area contributed by atoms with E-state index in [-0.39, 0.29) is 33.7 Å². The van der Waals surface area contributed by atoms with Crippen molar-refractivity contribution in [1.82, 2.24) is 23.7 Å². The van der Waals surface area contributed by atoms with Crippen LogP contribution in [0, 0.1) is 0 Å². The number of hydrogen-bond acceptors (Lipinski definition) is 6. The molecule has 1 aromatic carbocycles. The number of aromatic hydroxyl groups is 1. The number of rotatable bonds is 10. The topological polar surface area (TPSA) is 115 Å². The summed E-state index contributed by atoms with van der Waals surface area (Å²) in [5.41, 5.74) is 0.602. The molecule has 34 heavy (non-hydrogen) atoms. The summed E-state index contributed by atoms with van der Waals surface area (Å²) < 4.78 is 4.01. The van der Waals surface area contributed by atoms with Gasteiger partial charge in [0.15, 0.2) is 11.2 Å². The zero-order chi connectivity index (χ0) is 24.2. The van der Waals surface area contributed by atoms with Gasteiger partial charge in [-0.2, -0.15) is 4.98 Å². The number of unbranched alkanes of at least 4 members (excludes halogenated alkanes) is 2. The molecule has 0 spiro atoms. The van der Waals surface area contributed by atoms with E-state index in [1.807, 2.05) is 37.3 Å². The number of fused-ring (bicyclic) bond motifs is 1. The minimum Gasteiger partial charge on any atom is -0.494 e. The average molecular weight is 504 g/mol. The Labute approximate surface area is 203 Å². The highest BCUT2D eigenvalue weighted by atomic mass is 35.5. The summed E-state index contributed by atoms with van der Waals surface area (Å²) in [6.07, 6.45) is 3.13. The standard InChI is InChI=1S/C23H26ClN5O4S/c1-2-3-11-27-18-17(25-21(24)26-18)20(31)28(22(27)32)12-7-8-13-29-19(30)16(34-23(29)33)14-15-9-5-4-6-10-15/h4-6,9-10,30H,2-3,7-8,11-14H2,1H3,(H,25,26). The Morgan fingerprint density at radius 2 is 1.68 bits per heavy atom. The first-order chi connectivity index (χ1) is 16.4. The van der Waals surface area contributed by atoms with Gasteiger partial charge in [-0.3, -0.25) is 23.3 Å². The normalized spacial score (nSPS) is 11.5. The van der Waals surface area contributed by atoms with Crippen LogP contribution in [0.15, 0.2) is 44.7 Å². The van der Waals surface area contributed by atoms with Crippen LogP contribution in [0.1, 0.15) is 43.0 Å². The van der Waals surface area contributed by atoms with E-state index in [2.05, 4.69) is 9.97 Å². The van der Waals surface area contributed by atoms with E-state index >= 15 is 0 Å². The second-order valence-corrected chi connectivity index (χ2v) is 9.51. The molecule has 0 aliphatic heterocycles. The van der Waals surface area contributed by atoms with Crippen LogP contribution in [0.3, 0.4) is 0 Å². The number of nitrogens with one attached hydrogen (secondary N) is 1. The van der Waals surface area contributed by atoms with Gasteiger partial charge < -0.3 is 10.1 Å². The minimum absolute atomic E-state index is 0.0218. The molecule has 0 fully saturated rings. The summed E-state index contributed by atoms with van der Waals surface area (Å²) in [6, 6.07) is 9.64. The maximum atomic E-state index is 13.0. The highest BCUT2D eigenvalue weighted by molar-refractivity contribution is 7.09. The van der Waals surface area contributed by atoms with E-state index in [1.165, 1.54) is 13.7 Å². The molecule has 0 saturated carbocycles. The fourth-order valence-corrected chi connectivity index (χ4v) is 5.04. The van der Waals surface area contributed by atoms with Crippen molar-refractivity contribution in [3.8, 4) is 5.88 Å². The lowest BCUT2D eigenvalue weighted by Crippen LogP contribution is -2.40. The molecule has 0 aliphatic carbocycles. The van der Waals surface area contributed by atoms with Crippen molar-refractivity contribution in [3.63, 3.8) is 0 Å². The maximum Gasteiger partial charge on any atom is 0.332 e. The Morgan fingerprint density at radius 1 is 1.00 bits per heavy atom. The van der Waals surface area contributed by atoms with E-state index in [0.29, 0.717) is 37.2 Å². The molecule has 9 nitrogen and oxygen atoms in total. The van der Waals surface area contributed by atoms with Gasteiger partial charge in [-0.15, -0.1) is 0 Å². The largest absolute Gasteiger partial charge is 0.494 e. The van der Waals surface area contributed by atoms with Crippen LogP contribution in [0.25, 0.3) is 11.2 Å². The lowest BCUT2D eigenvalue weighted by Gasteiger charge is -2.11. The second-order valence-electron chi connectivity index (χ2n) is 8.11. The van der Waals surface area contributed by atoms with E-state index < -0.39 is 11.2 Å². The monoisotopic (exact) mass is 503 g/mol. The van der Waals surface area contributed by atoms with Gasteiger partial charge in [-0.1, -0.05) is 55.0 Å². The zero-order valence-corrected chi connectivity index (χ0v) is 20.4. The van der Waals surface area contributed by atoms with Gasteiger partial charge in [0, 0.05) is 26.1 Å². The van der Waals surface area contributed by atoms with E-state index in [4.69, 9.17) is 11.6 Å². The number of halogens is 1. The summed E-state index contributed by atoms with van der Waals surface area (Å²) in [6.45, 7) is 2.94. The number of aromatic amines is 1. The van der Waals surface area contributed by atoms with Crippen molar-refractivity contribution >= 4 is 34.1 Å². The molecular formula is C23H26ClN5O4S. The van der Waals surface area contributed by atoms with E-state index in [1.54, 1.807) is 0 Å². The summed E-state index contributed by atoms with van der Waals surface area (Å²) >= 11 is 6.99. The van der Waals surface area contributed by atoms with Gasteiger partial charge in [-0.05, 0) is 36.4 Å². The third kappa shape index (κ3) is 4.88. The van der Waals surface area contributed by atoms with Crippen molar-refractivity contribution in [3.05, 3.63) is 76.6 Å². The van der Waals surface area contributed by atoms with Crippen molar-refractivity contribution < 1.29 is 5.11 Å². The fraction of sp³-hybridized carbons (Fsp3) is 0.391. The van der Waals surface area contributed by atoms with Gasteiger partial charge in [-0.25, -0.2) is 4.79 Å². The first-order valence-corrected chi connectivity index (χ1v) is 12.4. The molecule has 0 unspecified atom stereocenters. The van der Waals surface area contributed by atoms with Crippen molar-refractivity contribution in [2.24, 2.45) is 0 Å². The molecule has 0 bridgehead atoms. The van der Waals surface area contributed by atoms with Gasteiger partial charge in [0.05, 0.1) is 4.88 Å². The lowest BCUT2D eigenvalue weighted by atomic mass is 10.1. The smallest absolute Gasteiger partial charge is 0.332 e. The van der Waals surface area contributed by atoms with Crippen LogP contribution in [0.5, 0.6) is 5.88 Å². The highest BCUT2D eigenvalue weighted by Crippen LogP contribution is 2.23. The lowest BCUT2D eigenvalue weighted by molar-refractivity contribution is 0.399. The Bertz CT molecular complexity index is 1470. The molecule has 0 saturated heterocycles. The summed E-state index contributed by atoms with van der Waals surface area (Å²) in [7, 11) is 0. The minimum atomic E-state index is -0.465. The number of nitrogens with zero attached hydrogens (tertiary/aromatic N) is 4. The van der Waals surface area contributed by atoms with E-state index in [9.17, 15) is 19.5 Å². The third-order valence-corrected chi connectivity index (χ3v) is 6.87. The number of thiazole rings is 1. The van der Waals surface area contributed by atoms with E-state index in [0.717, 1.165) is 29.7 Å². The summed E-state index contributed by atoms with van der Waals surface area (Å²) in [4.78, 5) is 45.5. The third-order valence-electron chi connectivity index (χ3n) is 5.72. The average Bonchev–Trinajstić information content (AvgIpc) is 3.33. The Morgan fingerprint density at radius 3 is 2.38 bits per heavy atom. The summed E-state index contributed by atoms with van der Waals surface area (Å²) in [5.74, 6) is -0.0218. The molecular weight excluding hydrogens is 478 g/mol. The number of H-pyrrole nitrogens is 1. The first-order valence-electron chi connectivity index (χ1n) is 11.2. The number of imidazole rings is 1. The van der Waals surface area contributed by atoms with Gasteiger partial charge >= 0.3 is 10.6 Å². The molecule has 0 radical (unpaired) electrons. The fourth-order valence-electron chi connectivity index (χ4n) is 3.93. The highest BCUT2D eigenvalue weighted by Gasteiger charge is 2.17. The van der Waals surface area contributed by atoms with Crippen LogP contribution < -0.4 is 16.1 Å². The molecule has 3 aromatic heterocycles. The molecule has 4 rings (SSSR count). The van der Waals surface area contributed by atoms with Crippen LogP contribution in [-0.2, 0) is 26.1 Å². The number of aryl methyl sites for hydroxylation is 1. The SMILES string of the molecule is CCCCn1c(=O)n(CCCCn2c(O)c(Cc3ccccc3)sc2=O)c(=O)c2[nH]c(Cl)nc21. The van der Waals surface area contributed by atoms with Gasteiger partial charge in [0.2, 0.25) is 11.2 Å². The predicted molar refractivity (Wildman–Crippen MR) is 133 cm³/mol. The molecule has 180 valence electrons. The maximum absolute atomic E-state index is 13.0. The van der Waals surface area contributed by atoms with Crippen molar-refractivity contribution in [2.45, 2.75) is 58.7 Å². The Kier molecular flexibility index (Phi) is 7.38. The Hall–Kier alpha value is -3.11. The van der Waals surface area contributed by atoms with Crippen LogP contribution >= 0.6 is 22.9 Å². The van der Waals surface area contributed by atoms with Crippen molar-refractivity contribution in [2.75, 3.05) is 0 Å².